The molecule has 2 unspecified atom stereocenters. The van der Waals surface area contributed by atoms with E-state index in [0.717, 1.165) is 30.0 Å². The van der Waals surface area contributed by atoms with Gasteiger partial charge in [0.15, 0.2) is 10.8 Å². The highest BCUT2D eigenvalue weighted by molar-refractivity contribution is 7.15. The first-order chi connectivity index (χ1) is 10.4. The van der Waals surface area contributed by atoms with E-state index in [0.29, 0.717) is 0 Å². The third kappa shape index (κ3) is 2.27. The Hall–Kier alpha value is -1.07. The highest BCUT2D eigenvalue weighted by Gasteiger charge is 2.37. The van der Waals surface area contributed by atoms with Gasteiger partial charge in [-0.05, 0) is 38.1 Å². The number of thiazole rings is 1. The monoisotopic (exact) mass is 304 g/mol. The van der Waals surface area contributed by atoms with Crippen LogP contribution in [0.5, 0.6) is 0 Å². The van der Waals surface area contributed by atoms with Crippen molar-refractivity contribution in [2.24, 2.45) is 5.92 Å². The highest BCUT2D eigenvalue weighted by atomic mass is 32.1. The molecule has 2 aliphatic rings. The number of hydrogen-bond acceptors (Lipinski definition) is 4. The Balaban J connectivity index is 1.72. The lowest BCUT2D eigenvalue weighted by Crippen LogP contribution is -2.43. The fourth-order valence-corrected chi connectivity index (χ4v) is 4.90. The zero-order valence-electron chi connectivity index (χ0n) is 12.7. The number of rotatable bonds is 4. The normalized spacial score (nSPS) is 25.7. The van der Waals surface area contributed by atoms with Gasteiger partial charge in [0.25, 0.3) is 0 Å². The molecule has 1 saturated heterocycles. The van der Waals surface area contributed by atoms with Crippen molar-refractivity contribution in [3.05, 3.63) is 17.3 Å². The molecule has 0 bridgehead atoms. The van der Waals surface area contributed by atoms with Crippen molar-refractivity contribution < 1.29 is 0 Å². The summed E-state index contributed by atoms with van der Waals surface area (Å²) in [5, 5.41) is 5.62. The molecule has 4 rings (SSSR count). The standard InChI is InChI=1S/C16H24N4S/c1-2-17-11-14-15(18-16-20(14)9-10-21-16)19-8-4-6-12-5-3-7-13(12)19/h9-10,12-13,17H,2-8,11H2,1H3. The molecule has 114 valence electrons. The Morgan fingerprint density at radius 3 is 3.14 bits per heavy atom. The van der Waals surface area contributed by atoms with E-state index in [-0.39, 0.29) is 0 Å². The molecule has 5 heteroatoms. The van der Waals surface area contributed by atoms with E-state index in [2.05, 4.69) is 33.1 Å². The van der Waals surface area contributed by atoms with Crippen LogP contribution in [0.25, 0.3) is 4.96 Å². The highest BCUT2D eigenvalue weighted by Crippen LogP contribution is 2.40. The van der Waals surface area contributed by atoms with Gasteiger partial charge in [0.05, 0.1) is 5.69 Å². The second kappa shape index (κ2) is 5.61. The predicted octanol–water partition coefficient (Wildman–Crippen LogP) is 3.27. The SMILES string of the molecule is CCNCc1c(N2CCCC3CCCC32)nc2sccn12. The van der Waals surface area contributed by atoms with Gasteiger partial charge in [-0.1, -0.05) is 13.3 Å². The van der Waals surface area contributed by atoms with Crippen LogP contribution in [0, 0.1) is 5.92 Å². The minimum absolute atomic E-state index is 0.740. The summed E-state index contributed by atoms with van der Waals surface area (Å²) in [6, 6.07) is 0.740. The van der Waals surface area contributed by atoms with Crippen LogP contribution in [0.15, 0.2) is 11.6 Å². The molecule has 0 amide bonds. The van der Waals surface area contributed by atoms with Crippen LogP contribution in [0.4, 0.5) is 5.82 Å². The van der Waals surface area contributed by atoms with E-state index in [9.17, 15) is 0 Å². The summed E-state index contributed by atoms with van der Waals surface area (Å²) in [5.41, 5.74) is 1.35. The van der Waals surface area contributed by atoms with Crippen molar-refractivity contribution in [1.82, 2.24) is 14.7 Å². The maximum Gasteiger partial charge on any atom is 0.195 e. The number of hydrogen-bond donors (Lipinski definition) is 1. The van der Waals surface area contributed by atoms with Crippen molar-refractivity contribution in [3.8, 4) is 0 Å². The first-order valence-electron chi connectivity index (χ1n) is 8.30. The largest absolute Gasteiger partial charge is 0.352 e. The Kier molecular flexibility index (Phi) is 3.63. The minimum Gasteiger partial charge on any atom is -0.352 e. The van der Waals surface area contributed by atoms with Crippen LogP contribution in [0.1, 0.15) is 44.7 Å². The molecule has 1 N–H and O–H groups in total. The second-order valence-electron chi connectivity index (χ2n) is 6.31. The number of aromatic nitrogens is 2. The van der Waals surface area contributed by atoms with Crippen molar-refractivity contribution in [1.29, 1.82) is 0 Å². The van der Waals surface area contributed by atoms with Gasteiger partial charge in [0, 0.05) is 30.7 Å². The van der Waals surface area contributed by atoms with E-state index in [1.807, 2.05) is 0 Å². The van der Waals surface area contributed by atoms with E-state index in [1.165, 1.54) is 50.2 Å². The molecule has 0 radical (unpaired) electrons. The first kappa shape index (κ1) is 13.6. The Labute approximate surface area is 130 Å². The van der Waals surface area contributed by atoms with Gasteiger partial charge in [0.2, 0.25) is 0 Å². The van der Waals surface area contributed by atoms with Crippen molar-refractivity contribution in [2.45, 2.75) is 51.6 Å². The van der Waals surface area contributed by atoms with E-state index < -0.39 is 0 Å². The van der Waals surface area contributed by atoms with Gasteiger partial charge >= 0.3 is 0 Å². The fraction of sp³-hybridized carbons (Fsp3) is 0.688. The van der Waals surface area contributed by atoms with Gasteiger partial charge in [-0.2, -0.15) is 0 Å². The third-order valence-electron chi connectivity index (χ3n) is 5.15. The molecule has 4 nitrogen and oxygen atoms in total. The number of anilines is 1. The molecular weight excluding hydrogens is 280 g/mol. The van der Waals surface area contributed by atoms with Crippen LogP contribution in [-0.4, -0.2) is 28.5 Å². The summed E-state index contributed by atoms with van der Waals surface area (Å²) >= 11 is 1.74. The first-order valence-corrected chi connectivity index (χ1v) is 9.18. The molecule has 0 aromatic carbocycles. The molecule has 1 saturated carbocycles. The van der Waals surface area contributed by atoms with E-state index >= 15 is 0 Å². The molecule has 3 heterocycles. The summed E-state index contributed by atoms with van der Waals surface area (Å²) in [6.45, 7) is 5.27. The Morgan fingerprint density at radius 2 is 2.24 bits per heavy atom. The predicted molar refractivity (Wildman–Crippen MR) is 88.2 cm³/mol. The van der Waals surface area contributed by atoms with Crippen molar-refractivity contribution in [2.75, 3.05) is 18.0 Å². The molecule has 2 aromatic heterocycles. The van der Waals surface area contributed by atoms with Crippen LogP contribution < -0.4 is 10.2 Å². The summed E-state index contributed by atoms with van der Waals surface area (Å²) in [7, 11) is 0. The molecule has 0 spiro atoms. The van der Waals surface area contributed by atoms with Crippen molar-refractivity contribution in [3.63, 3.8) is 0 Å². The van der Waals surface area contributed by atoms with E-state index in [1.54, 1.807) is 11.3 Å². The van der Waals surface area contributed by atoms with Gasteiger partial charge in [0.1, 0.15) is 0 Å². The van der Waals surface area contributed by atoms with Gasteiger partial charge in [-0.3, -0.25) is 4.40 Å². The second-order valence-corrected chi connectivity index (χ2v) is 7.18. The zero-order chi connectivity index (χ0) is 14.2. The topological polar surface area (TPSA) is 32.6 Å². The third-order valence-corrected chi connectivity index (χ3v) is 5.90. The fourth-order valence-electron chi connectivity index (χ4n) is 4.18. The Bertz CT molecular complexity index is 617. The van der Waals surface area contributed by atoms with Gasteiger partial charge in [-0.25, -0.2) is 4.98 Å². The molecule has 2 aromatic rings. The maximum atomic E-state index is 4.98. The van der Waals surface area contributed by atoms with Crippen LogP contribution >= 0.6 is 11.3 Å². The lowest BCUT2D eigenvalue weighted by molar-refractivity contribution is 0.360. The summed E-state index contributed by atoms with van der Waals surface area (Å²) in [4.78, 5) is 8.75. The van der Waals surface area contributed by atoms with E-state index in [4.69, 9.17) is 4.98 Å². The molecule has 1 aliphatic carbocycles. The number of piperidine rings is 1. The number of nitrogens with zero attached hydrogens (tertiary/aromatic N) is 3. The summed E-state index contributed by atoms with van der Waals surface area (Å²) in [6.07, 6.45) is 9.09. The van der Waals surface area contributed by atoms with Crippen LogP contribution in [-0.2, 0) is 6.54 Å². The summed E-state index contributed by atoms with van der Waals surface area (Å²) < 4.78 is 2.28. The summed E-state index contributed by atoms with van der Waals surface area (Å²) in [5.74, 6) is 2.16. The smallest absolute Gasteiger partial charge is 0.195 e. The lowest BCUT2D eigenvalue weighted by atomic mass is 9.92. The zero-order valence-corrected chi connectivity index (χ0v) is 13.5. The molecule has 2 fully saturated rings. The average Bonchev–Trinajstić information content (AvgIpc) is 3.20. The number of imidazole rings is 1. The maximum absolute atomic E-state index is 4.98. The van der Waals surface area contributed by atoms with Crippen LogP contribution in [0.3, 0.4) is 0 Å². The molecule has 2 atom stereocenters. The van der Waals surface area contributed by atoms with Crippen molar-refractivity contribution >= 4 is 22.1 Å². The van der Waals surface area contributed by atoms with Crippen LogP contribution in [0.2, 0.25) is 0 Å². The quantitative estimate of drug-likeness (QED) is 0.941. The molecule has 21 heavy (non-hydrogen) atoms. The minimum atomic E-state index is 0.740. The number of nitrogens with one attached hydrogen (secondary N) is 1. The average molecular weight is 304 g/mol. The lowest BCUT2D eigenvalue weighted by Gasteiger charge is -2.38. The van der Waals surface area contributed by atoms with Gasteiger partial charge < -0.3 is 10.2 Å². The number of fused-ring (bicyclic) bond motifs is 2. The Morgan fingerprint density at radius 1 is 1.33 bits per heavy atom. The molecular formula is C16H24N4S. The molecule has 1 aliphatic heterocycles. The van der Waals surface area contributed by atoms with Gasteiger partial charge in [-0.15, -0.1) is 11.3 Å².